The molecule has 4 rings (SSSR count). The molecule has 1 aliphatic heterocycles. The van der Waals surface area contributed by atoms with Crippen LogP contribution in [-0.2, 0) is 26.2 Å². The number of sulfonamides is 1. The molecule has 1 heterocycles. The molecule has 0 fully saturated rings. The second-order valence-electron chi connectivity index (χ2n) is 8.37. The third kappa shape index (κ3) is 5.29. The van der Waals surface area contributed by atoms with E-state index < -0.39 is 21.8 Å². The topological polar surface area (TPSA) is 134 Å². The van der Waals surface area contributed by atoms with Gasteiger partial charge in [0.25, 0.3) is 0 Å². The summed E-state index contributed by atoms with van der Waals surface area (Å²) in [7, 11) is -2.30. The molecule has 0 radical (unpaired) electrons. The lowest BCUT2D eigenvalue weighted by molar-refractivity contribution is -0.119. The average molecular weight is 506 g/mol. The van der Waals surface area contributed by atoms with E-state index in [0.29, 0.717) is 17.9 Å². The molecule has 2 amide bonds. The largest absolute Gasteiger partial charge is 0.358 e. The van der Waals surface area contributed by atoms with Crippen LogP contribution in [0.2, 0.25) is 0 Å². The summed E-state index contributed by atoms with van der Waals surface area (Å²) in [5, 5.41) is 5.35. The molecule has 1 atom stereocenters. The molecule has 0 bridgehead atoms. The van der Waals surface area contributed by atoms with Gasteiger partial charge in [0.1, 0.15) is 12.5 Å². The number of anilines is 2. The molecular weight excluding hydrogens is 478 g/mol. The van der Waals surface area contributed by atoms with Gasteiger partial charge >= 0.3 is 0 Å². The number of hydrogen-bond donors (Lipinski definition) is 3. The van der Waals surface area contributed by atoms with Gasteiger partial charge in [0, 0.05) is 19.3 Å². The minimum Gasteiger partial charge on any atom is -0.358 e. The fraction of sp³-hybridized carbons (Fsp3) is 0.192. The number of nitrogens with zero attached hydrogens (tertiary/aromatic N) is 2. The van der Waals surface area contributed by atoms with Gasteiger partial charge < -0.3 is 16.4 Å². The molecule has 3 aromatic rings. The Morgan fingerprint density at radius 3 is 2.47 bits per heavy atom. The molecule has 0 saturated carbocycles. The third-order valence-electron chi connectivity index (χ3n) is 5.88. The predicted molar refractivity (Wildman–Crippen MR) is 141 cm³/mol. The lowest BCUT2D eigenvalue weighted by Gasteiger charge is -2.22. The molecule has 0 aromatic heterocycles. The number of benzene rings is 3. The van der Waals surface area contributed by atoms with E-state index in [-0.39, 0.29) is 18.1 Å². The lowest BCUT2D eigenvalue weighted by atomic mass is 9.90. The van der Waals surface area contributed by atoms with Gasteiger partial charge in [-0.3, -0.25) is 18.9 Å². The number of para-hydroxylation sites is 1. The van der Waals surface area contributed by atoms with Crippen molar-refractivity contribution in [2.75, 3.05) is 29.5 Å². The summed E-state index contributed by atoms with van der Waals surface area (Å²) in [4.78, 5) is 29.9. The molecule has 4 N–H and O–H groups in total. The minimum atomic E-state index is -3.74. The first kappa shape index (κ1) is 25.1. The standard InChI is InChI=1S/C26H27N5O4S/c1-28-23(32)16-31(36(2,34)35)20-7-5-6-19(14-20)29-25(18-12-10-17(15-27)11-13-18)24-21-8-3-4-9-22(21)30-26(24)33/h3-14,24H,15-16,27H2,1-2H3,(H,28,32)(H,30,33). The van der Waals surface area contributed by atoms with Crippen LogP contribution >= 0.6 is 0 Å². The van der Waals surface area contributed by atoms with Crippen LogP contribution in [0.1, 0.15) is 22.6 Å². The Morgan fingerprint density at radius 1 is 1.08 bits per heavy atom. The molecule has 0 spiro atoms. The number of nitrogens with two attached hydrogens (primary N) is 1. The zero-order valence-corrected chi connectivity index (χ0v) is 20.7. The maximum atomic E-state index is 13.1. The van der Waals surface area contributed by atoms with E-state index >= 15 is 0 Å². The fourth-order valence-corrected chi connectivity index (χ4v) is 4.90. The van der Waals surface area contributed by atoms with E-state index in [4.69, 9.17) is 10.7 Å². The Kier molecular flexibility index (Phi) is 7.18. The summed E-state index contributed by atoms with van der Waals surface area (Å²) in [6.07, 6.45) is 1.04. The number of nitrogens with one attached hydrogen (secondary N) is 2. The second kappa shape index (κ2) is 10.3. The van der Waals surface area contributed by atoms with Crippen LogP contribution in [-0.4, -0.2) is 45.8 Å². The maximum Gasteiger partial charge on any atom is 0.240 e. The minimum absolute atomic E-state index is 0.202. The smallest absolute Gasteiger partial charge is 0.240 e. The van der Waals surface area contributed by atoms with Crippen molar-refractivity contribution in [2.24, 2.45) is 10.7 Å². The van der Waals surface area contributed by atoms with E-state index in [1.165, 1.54) is 7.05 Å². The van der Waals surface area contributed by atoms with Crippen LogP contribution in [0.25, 0.3) is 0 Å². The van der Waals surface area contributed by atoms with Crippen LogP contribution < -0.4 is 20.7 Å². The van der Waals surface area contributed by atoms with E-state index in [1.54, 1.807) is 24.3 Å². The number of amides is 2. The highest BCUT2D eigenvalue weighted by atomic mass is 32.2. The Morgan fingerprint density at radius 2 is 1.81 bits per heavy atom. The number of rotatable bonds is 8. The SMILES string of the molecule is CNC(=O)CN(c1cccc(N=C(c2ccc(CN)cc2)C2C(=O)Nc3ccccc32)c1)S(C)(=O)=O. The molecule has 186 valence electrons. The van der Waals surface area contributed by atoms with Crippen LogP contribution in [0.3, 0.4) is 0 Å². The molecule has 9 nitrogen and oxygen atoms in total. The van der Waals surface area contributed by atoms with E-state index in [9.17, 15) is 18.0 Å². The summed E-state index contributed by atoms with van der Waals surface area (Å²) in [5.41, 5.74) is 10.2. The first-order valence-corrected chi connectivity index (χ1v) is 13.1. The van der Waals surface area contributed by atoms with Crippen molar-refractivity contribution in [3.05, 3.63) is 89.5 Å². The molecule has 3 aromatic carbocycles. The van der Waals surface area contributed by atoms with Gasteiger partial charge in [0.2, 0.25) is 21.8 Å². The van der Waals surface area contributed by atoms with Crippen molar-refractivity contribution in [3.8, 4) is 0 Å². The van der Waals surface area contributed by atoms with Crippen molar-refractivity contribution in [3.63, 3.8) is 0 Å². The molecule has 0 saturated heterocycles. The van der Waals surface area contributed by atoms with Crippen molar-refractivity contribution in [1.82, 2.24) is 5.32 Å². The van der Waals surface area contributed by atoms with Gasteiger partial charge in [-0.1, -0.05) is 48.5 Å². The van der Waals surface area contributed by atoms with Crippen LogP contribution in [0.15, 0.2) is 77.8 Å². The van der Waals surface area contributed by atoms with Crippen molar-refractivity contribution >= 4 is 44.6 Å². The van der Waals surface area contributed by atoms with E-state index in [1.807, 2.05) is 48.5 Å². The summed E-state index contributed by atoms with van der Waals surface area (Å²) in [6, 6.07) is 21.5. The van der Waals surface area contributed by atoms with Gasteiger partial charge in [-0.2, -0.15) is 0 Å². The molecule has 1 aliphatic rings. The van der Waals surface area contributed by atoms with Crippen molar-refractivity contribution in [1.29, 1.82) is 0 Å². The van der Waals surface area contributed by atoms with Gasteiger partial charge in [0.15, 0.2) is 0 Å². The number of carbonyl (C=O) groups excluding carboxylic acids is 2. The second-order valence-corrected chi connectivity index (χ2v) is 10.3. The van der Waals surface area contributed by atoms with Crippen molar-refractivity contribution in [2.45, 2.75) is 12.5 Å². The number of fused-ring (bicyclic) bond motifs is 1. The summed E-state index contributed by atoms with van der Waals surface area (Å²) in [6.45, 7) is 0.0164. The van der Waals surface area contributed by atoms with Gasteiger partial charge in [-0.05, 0) is 41.0 Å². The van der Waals surface area contributed by atoms with Crippen LogP contribution in [0.5, 0.6) is 0 Å². The first-order chi connectivity index (χ1) is 17.2. The number of likely N-dealkylation sites (N-methyl/N-ethyl adjacent to an activating group) is 1. The number of carbonyl (C=O) groups is 2. The Balaban J connectivity index is 1.84. The summed E-state index contributed by atoms with van der Waals surface area (Å²) < 4.78 is 25.9. The normalized spacial score (nSPS) is 15.2. The molecule has 10 heteroatoms. The van der Waals surface area contributed by atoms with Gasteiger partial charge in [0.05, 0.1) is 23.3 Å². The zero-order valence-electron chi connectivity index (χ0n) is 19.9. The lowest BCUT2D eigenvalue weighted by Crippen LogP contribution is -2.39. The molecule has 36 heavy (non-hydrogen) atoms. The zero-order chi connectivity index (χ0) is 25.9. The fourth-order valence-electron chi connectivity index (χ4n) is 4.05. The highest BCUT2D eigenvalue weighted by Gasteiger charge is 2.35. The highest BCUT2D eigenvalue weighted by Crippen LogP contribution is 2.36. The van der Waals surface area contributed by atoms with Gasteiger partial charge in [-0.15, -0.1) is 0 Å². The predicted octanol–water partition coefficient (Wildman–Crippen LogP) is 2.51. The summed E-state index contributed by atoms with van der Waals surface area (Å²) >= 11 is 0. The average Bonchev–Trinajstić information content (AvgIpc) is 3.20. The number of hydrogen-bond acceptors (Lipinski definition) is 6. The Hall–Kier alpha value is -4.02. The third-order valence-corrected chi connectivity index (χ3v) is 7.02. The molecule has 0 aliphatic carbocycles. The monoisotopic (exact) mass is 505 g/mol. The molecule has 1 unspecified atom stereocenters. The first-order valence-electron chi connectivity index (χ1n) is 11.3. The molecular formula is C26H27N5O4S. The van der Waals surface area contributed by atoms with Crippen molar-refractivity contribution < 1.29 is 18.0 Å². The van der Waals surface area contributed by atoms with E-state index in [2.05, 4.69) is 10.6 Å². The van der Waals surface area contributed by atoms with Gasteiger partial charge in [-0.25, -0.2) is 8.42 Å². The van der Waals surface area contributed by atoms with Crippen LogP contribution in [0, 0.1) is 0 Å². The maximum absolute atomic E-state index is 13.1. The quantitative estimate of drug-likeness (QED) is 0.405. The Bertz CT molecular complexity index is 1430. The van der Waals surface area contributed by atoms with E-state index in [0.717, 1.165) is 32.9 Å². The summed E-state index contributed by atoms with van der Waals surface area (Å²) in [5.74, 6) is -1.31. The van der Waals surface area contributed by atoms with Crippen LogP contribution in [0.4, 0.5) is 17.1 Å². The highest BCUT2D eigenvalue weighted by molar-refractivity contribution is 7.92. The Labute approximate surface area is 210 Å². The number of aliphatic imine (C=N–C) groups is 1.